The number of hydrogen-bond acceptors (Lipinski definition) is 1. The summed E-state index contributed by atoms with van der Waals surface area (Å²) in [5.41, 5.74) is 1.32. The molecule has 16 heavy (non-hydrogen) atoms. The van der Waals surface area contributed by atoms with Crippen LogP contribution in [-0.2, 0) is 0 Å². The van der Waals surface area contributed by atoms with E-state index in [-0.39, 0.29) is 0 Å². The highest BCUT2D eigenvalue weighted by Crippen LogP contribution is 2.50. The third kappa shape index (κ3) is 2.45. The van der Waals surface area contributed by atoms with Crippen LogP contribution in [0.15, 0.2) is 0 Å². The Kier molecular flexibility index (Phi) is 3.63. The average molecular weight is 223 g/mol. The summed E-state index contributed by atoms with van der Waals surface area (Å²) in [6.45, 7) is 9.83. The summed E-state index contributed by atoms with van der Waals surface area (Å²) in [5.74, 6) is 0.984. The van der Waals surface area contributed by atoms with Crippen LogP contribution in [0, 0.1) is 16.7 Å². The lowest BCUT2D eigenvalue weighted by Crippen LogP contribution is -2.41. The summed E-state index contributed by atoms with van der Waals surface area (Å²) in [5, 5.41) is 3.51. The predicted octanol–water partition coefficient (Wildman–Crippen LogP) is 3.98. The van der Waals surface area contributed by atoms with Crippen LogP contribution < -0.4 is 5.32 Å². The van der Waals surface area contributed by atoms with Crippen molar-refractivity contribution in [3.63, 3.8) is 0 Å². The van der Waals surface area contributed by atoms with E-state index in [9.17, 15) is 0 Å². The molecule has 2 rings (SSSR count). The number of nitrogens with one attached hydrogen (secondary N) is 1. The van der Waals surface area contributed by atoms with Gasteiger partial charge in [-0.1, -0.05) is 27.2 Å². The molecule has 1 N–H and O–H groups in total. The second-order valence-electron chi connectivity index (χ2n) is 6.87. The van der Waals surface area contributed by atoms with E-state index in [1.807, 2.05) is 0 Å². The largest absolute Gasteiger partial charge is 0.317 e. The van der Waals surface area contributed by atoms with Crippen molar-refractivity contribution in [2.24, 2.45) is 16.7 Å². The Hall–Kier alpha value is -0.0400. The molecule has 0 aromatic heterocycles. The molecular formula is C15H29N. The van der Waals surface area contributed by atoms with Crippen molar-refractivity contribution in [1.82, 2.24) is 5.32 Å². The highest BCUT2D eigenvalue weighted by molar-refractivity contribution is 4.92. The van der Waals surface area contributed by atoms with Crippen molar-refractivity contribution in [3.8, 4) is 0 Å². The average Bonchev–Trinajstić information content (AvgIpc) is 2.31. The van der Waals surface area contributed by atoms with Gasteiger partial charge in [0.2, 0.25) is 0 Å². The Bertz CT molecular complexity index is 216. The van der Waals surface area contributed by atoms with Crippen molar-refractivity contribution in [2.75, 3.05) is 13.1 Å². The Labute approximate surface area is 101 Å². The first-order valence-corrected chi connectivity index (χ1v) is 7.29. The van der Waals surface area contributed by atoms with Gasteiger partial charge in [-0.25, -0.2) is 0 Å². The molecule has 1 saturated carbocycles. The molecule has 0 aromatic rings. The van der Waals surface area contributed by atoms with Crippen molar-refractivity contribution in [3.05, 3.63) is 0 Å². The second kappa shape index (κ2) is 4.68. The molecule has 1 heteroatoms. The van der Waals surface area contributed by atoms with Crippen LogP contribution in [0.25, 0.3) is 0 Å². The van der Waals surface area contributed by atoms with E-state index in [1.165, 1.54) is 58.0 Å². The van der Waals surface area contributed by atoms with Gasteiger partial charge in [0.1, 0.15) is 0 Å². The molecule has 2 fully saturated rings. The lowest BCUT2D eigenvalue weighted by atomic mass is 9.60. The lowest BCUT2D eigenvalue weighted by Gasteiger charge is -2.47. The third-order valence-corrected chi connectivity index (χ3v) is 5.73. The summed E-state index contributed by atoms with van der Waals surface area (Å²) >= 11 is 0. The van der Waals surface area contributed by atoms with Crippen LogP contribution in [0.5, 0.6) is 0 Å². The van der Waals surface area contributed by atoms with Crippen LogP contribution in [-0.4, -0.2) is 13.1 Å². The monoisotopic (exact) mass is 223 g/mol. The molecule has 94 valence electrons. The van der Waals surface area contributed by atoms with Gasteiger partial charge in [-0.15, -0.1) is 0 Å². The zero-order valence-electron chi connectivity index (χ0n) is 11.4. The van der Waals surface area contributed by atoms with E-state index in [2.05, 4.69) is 26.1 Å². The van der Waals surface area contributed by atoms with Gasteiger partial charge >= 0.3 is 0 Å². The molecule has 0 amide bonds. The van der Waals surface area contributed by atoms with E-state index in [1.54, 1.807) is 0 Å². The summed E-state index contributed by atoms with van der Waals surface area (Å²) in [7, 11) is 0. The van der Waals surface area contributed by atoms with Gasteiger partial charge in [0.05, 0.1) is 0 Å². The normalized spacial score (nSPS) is 27.2. The Morgan fingerprint density at radius 1 is 1.06 bits per heavy atom. The molecule has 1 aliphatic heterocycles. The molecule has 0 atom stereocenters. The topological polar surface area (TPSA) is 12.0 Å². The molecule has 1 nitrogen and oxygen atoms in total. The molecule has 0 radical (unpaired) electrons. The van der Waals surface area contributed by atoms with E-state index < -0.39 is 0 Å². The summed E-state index contributed by atoms with van der Waals surface area (Å²) in [6, 6.07) is 0. The molecule has 2 aliphatic rings. The fraction of sp³-hybridized carbons (Fsp3) is 1.00. The molecule has 0 unspecified atom stereocenters. The van der Waals surface area contributed by atoms with Crippen LogP contribution >= 0.6 is 0 Å². The van der Waals surface area contributed by atoms with E-state index in [0.29, 0.717) is 5.41 Å². The quantitative estimate of drug-likeness (QED) is 0.746. The minimum absolute atomic E-state index is 0.578. The van der Waals surface area contributed by atoms with Crippen molar-refractivity contribution < 1.29 is 0 Å². The Morgan fingerprint density at radius 3 is 2.12 bits per heavy atom. The zero-order chi connectivity index (χ0) is 11.6. The molecule has 0 bridgehead atoms. The highest BCUT2D eigenvalue weighted by atomic mass is 14.9. The van der Waals surface area contributed by atoms with Crippen molar-refractivity contribution in [1.29, 1.82) is 0 Å². The molecule has 1 saturated heterocycles. The van der Waals surface area contributed by atoms with Gasteiger partial charge in [-0.3, -0.25) is 0 Å². The zero-order valence-corrected chi connectivity index (χ0v) is 11.4. The Balaban J connectivity index is 1.91. The third-order valence-electron chi connectivity index (χ3n) is 5.73. The fourth-order valence-electron chi connectivity index (χ4n) is 3.76. The number of piperidine rings is 1. The SMILES string of the molecule is CCC(C)(C)C1CCC2(CCNCC2)CC1. The predicted molar refractivity (Wildman–Crippen MR) is 70.6 cm³/mol. The maximum absolute atomic E-state index is 3.51. The van der Waals surface area contributed by atoms with Crippen LogP contribution in [0.2, 0.25) is 0 Å². The van der Waals surface area contributed by atoms with Gasteiger partial charge in [0.15, 0.2) is 0 Å². The molecular weight excluding hydrogens is 194 g/mol. The number of rotatable bonds is 2. The molecule has 1 heterocycles. The smallest absolute Gasteiger partial charge is 0.00436 e. The van der Waals surface area contributed by atoms with Crippen molar-refractivity contribution >= 4 is 0 Å². The molecule has 0 aromatic carbocycles. The fourth-order valence-corrected chi connectivity index (χ4v) is 3.76. The maximum Gasteiger partial charge on any atom is -0.00436 e. The minimum atomic E-state index is 0.578. The Morgan fingerprint density at radius 2 is 1.62 bits per heavy atom. The molecule has 1 aliphatic carbocycles. The van der Waals surface area contributed by atoms with Gasteiger partial charge in [-0.05, 0) is 68.4 Å². The summed E-state index contributed by atoms with van der Waals surface area (Å²) < 4.78 is 0. The van der Waals surface area contributed by atoms with Crippen LogP contribution in [0.1, 0.15) is 65.7 Å². The minimum Gasteiger partial charge on any atom is -0.317 e. The van der Waals surface area contributed by atoms with Crippen molar-refractivity contribution in [2.45, 2.75) is 65.7 Å². The van der Waals surface area contributed by atoms with Gasteiger partial charge in [-0.2, -0.15) is 0 Å². The molecule has 1 spiro atoms. The van der Waals surface area contributed by atoms with Gasteiger partial charge < -0.3 is 5.32 Å². The lowest BCUT2D eigenvalue weighted by molar-refractivity contribution is 0.0539. The first kappa shape index (κ1) is 12.4. The number of hydrogen-bond donors (Lipinski definition) is 1. The van der Waals surface area contributed by atoms with Gasteiger partial charge in [0.25, 0.3) is 0 Å². The summed E-state index contributed by atoms with van der Waals surface area (Å²) in [4.78, 5) is 0. The van der Waals surface area contributed by atoms with E-state index >= 15 is 0 Å². The van der Waals surface area contributed by atoms with Crippen LogP contribution in [0.4, 0.5) is 0 Å². The highest BCUT2D eigenvalue weighted by Gasteiger charge is 2.39. The maximum atomic E-state index is 3.51. The van der Waals surface area contributed by atoms with E-state index in [0.717, 1.165) is 11.3 Å². The van der Waals surface area contributed by atoms with E-state index in [4.69, 9.17) is 0 Å². The van der Waals surface area contributed by atoms with Crippen LogP contribution in [0.3, 0.4) is 0 Å². The second-order valence-corrected chi connectivity index (χ2v) is 6.87. The summed E-state index contributed by atoms with van der Waals surface area (Å²) in [6.07, 6.45) is 10.2. The standard InChI is InChI=1S/C15H29N/c1-4-14(2,3)13-5-7-15(8-6-13)9-11-16-12-10-15/h13,16H,4-12H2,1-3H3. The van der Waals surface area contributed by atoms with Gasteiger partial charge in [0, 0.05) is 0 Å². The first-order valence-electron chi connectivity index (χ1n) is 7.29. The first-order chi connectivity index (χ1) is 7.58.